The van der Waals surface area contributed by atoms with Crippen LogP contribution in [-0.4, -0.2) is 5.78 Å². The fraction of sp³-hybridized carbons (Fsp3) is 0.188. The maximum atomic E-state index is 11.5. The number of carbonyl (C=O) groups excluding carboxylic acids is 1. The largest absolute Gasteiger partial charge is 0.489 e. The highest BCUT2D eigenvalue weighted by Gasteiger charge is 2.04. The third kappa shape index (κ3) is 3.58. The summed E-state index contributed by atoms with van der Waals surface area (Å²) < 4.78 is 5.65. The second kappa shape index (κ2) is 6.39. The van der Waals surface area contributed by atoms with Gasteiger partial charge >= 0.3 is 0 Å². The van der Waals surface area contributed by atoms with Gasteiger partial charge in [-0.1, -0.05) is 36.7 Å². The predicted octanol–water partition coefficient (Wildman–Crippen LogP) is 4.51. The van der Waals surface area contributed by atoms with E-state index >= 15 is 0 Å². The Hall–Kier alpha value is -1.80. The third-order valence-electron chi connectivity index (χ3n) is 2.85. The number of benzene rings is 2. The summed E-state index contributed by atoms with van der Waals surface area (Å²) in [6.07, 6.45) is 0.514. The van der Waals surface area contributed by atoms with E-state index in [4.69, 9.17) is 16.3 Å². The van der Waals surface area contributed by atoms with Gasteiger partial charge in [0.05, 0.1) is 0 Å². The first-order valence-corrected chi connectivity index (χ1v) is 6.58. The highest BCUT2D eigenvalue weighted by atomic mass is 35.5. The summed E-state index contributed by atoms with van der Waals surface area (Å²) >= 11 is 6.05. The van der Waals surface area contributed by atoms with Crippen LogP contribution >= 0.6 is 11.6 Å². The van der Waals surface area contributed by atoms with Gasteiger partial charge in [-0.2, -0.15) is 0 Å². The van der Waals surface area contributed by atoms with E-state index in [-0.39, 0.29) is 5.78 Å². The zero-order chi connectivity index (χ0) is 13.7. The lowest BCUT2D eigenvalue weighted by molar-refractivity contribution is 0.0988. The average molecular weight is 275 g/mol. The van der Waals surface area contributed by atoms with Crippen molar-refractivity contribution in [3.63, 3.8) is 0 Å². The Morgan fingerprint density at radius 1 is 1.11 bits per heavy atom. The molecule has 0 saturated heterocycles. The minimum Gasteiger partial charge on any atom is -0.489 e. The Labute approximate surface area is 118 Å². The van der Waals surface area contributed by atoms with Crippen LogP contribution in [-0.2, 0) is 6.61 Å². The van der Waals surface area contributed by atoms with E-state index in [2.05, 4.69) is 0 Å². The monoisotopic (exact) mass is 274 g/mol. The van der Waals surface area contributed by atoms with Crippen LogP contribution in [0.4, 0.5) is 0 Å². The molecule has 2 aromatic carbocycles. The maximum absolute atomic E-state index is 11.5. The maximum Gasteiger partial charge on any atom is 0.162 e. The molecular formula is C16H15ClO2. The number of ether oxygens (including phenoxy) is 1. The lowest BCUT2D eigenvalue weighted by Crippen LogP contribution is -1.98. The first-order chi connectivity index (χ1) is 9.20. The van der Waals surface area contributed by atoms with Crippen LogP contribution in [0.3, 0.4) is 0 Å². The summed E-state index contributed by atoms with van der Waals surface area (Å²) in [6, 6.07) is 14.8. The minimum absolute atomic E-state index is 0.137. The van der Waals surface area contributed by atoms with Gasteiger partial charge < -0.3 is 4.74 Å². The molecule has 0 spiro atoms. The first-order valence-electron chi connectivity index (χ1n) is 6.20. The minimum atomic E-state index is 0.137. The zero-order valence-corrected chi connectivity index (χ0v) is 11.5. The van der Waals surface area contributed by atoms with Gasteiger partial charge in [0.15, 0.2) is 5.78 Å². The Morgan fingerprint density at radius 3 is 2.42 bits per heavy atom. The molecule has 3 heteroatoms. The molecule has 0 N–H and O–H groups in total. The van der Waals surface area contributed by atoms with E-state index in [1.807, 2.05) is 31.2 Å². The van der Waals surface area contributed by atoms with E-state index in [0.717, 1.165) is 11.3 Å². The molecular weight excluding hydrogens is 260 g/mol. The van der Waals surface area contributed by atoms with Gasteiger partial charge in [0.1, 0.15) is 12.4 Å². The molecule has 0 bridgehead atoms. The molecule has 0 aliphatic rings. The molecule has 19 heavy (non-hydrogen) atoms. The summed E-state index contributed by atoms with van der Waals surface area (Å²) in [5.74, 6) is 0.866. The molecule has 0 heterocycles. The molecule has 0 aromatic heterocycles. The van der Waals surface area contributed by atoms with Gasteiger partial charge in [0.2, 0.25) is 0 Å². The van der Waals surface area contributed by atoms with Gasteiger partial charge in [0, 0.05) is 22.6 Å². The number of Topliss-reactive ketones (excluding diaryl/α,β-unsaturated/α-hetero) is 1. The quantitative estimate of drug-likeness (QED) is 0.750. The van der Waals surface area contributed by atoms with Crippen molar-refractivity contribution in [2.45, 2.75) is 20.0 Å². The average Bonchev–Trinajstić information content (AvgIpc) is 2.46. The summed E-state index contributed by atoms with van der Waals surface area (Å²) in [5, 5.41) is 0.695. The van der Waals surface area contributed by atoms with Crippen molar-refractivity contribution in [1.29, 1.82) is 0 Å². The molecule has 0 aliphatic carbocycles. The SMILES string of the molecule is CCC(=O)c1ccc(OCc2ccccc2Cl)cc1. The van der Waals surface area contributed by atoms with E-state index in [0.29, 0.717) is 23.6 Å². The Balaban J connectivity index is 2.01. The topological polar surface area (TPSA) is 26.3 Å². The van der Waals surface area contributed by atoms with E-state index in [1.165, 1.54) is 0 Å². The van der Waals surface area contributed by atoms with Crippen molar-refractivity contribution in [3.8, 4) is 5.75 Å². The van der Waals surface area contributed by atoms with Crippen LogP contribution < -0.4 is 4.74 Å². The highest BCUT2D eigenvalue weighted by Crippen LogP contribution is 2.19. The molecule has 0 fully saturated rings. The highest BCUT2D eigenvalue weighted by molar-refractivity contribution is 6.31. The fourth-order valence-electron chi connectivity index (χ4n) is 1.72. The number of hydrogen-bond donors (Lipinski definition) is 0. The van der Waals surface area contributed by atoms with Crippen molar-refractivity contribution < 1.29 is 9.53 Å². The summed E-state index contributed by atoms with van der Waals surface area (Å²) in [5.41, 5.74) is 1.66. The smallest absolute Gasteiger partial charge is 0.162 e. The Morgan fingerprint density at radius 2 is 1.79 bits per heavy atom. The van der Waals surface area contributed by atoms with Gasteiger partial charge in [-0.15, -0.1) is 0 Å². The van der Waals surface area contributed by atoms with Crippen LogP contribution in [0, 0.1) is 0 Å². The lowest BCUT2D eigenvalue weighted by Gasteiger charge is -2.08. The number of ketones is 1. The molecule has 0 amide bonds. The number of carbonyl (C=O) groups is 1. The van der Waals surface area contributed by atoms with E-state index in [9.17, 15) is 4.79 Å². The molecule has 98 valence electrons. The van der Waals surface area contributed by atoms with Crippen molar-refractivity contribution in [2.24, 2.45) is 0 Å². The molecule has 2 rings (SSSR count). The van der Waals surface area contributed by atoms with Crippen molar-refractivity contribution in [2.75, 3.05) is 0 Å². The molecule has 0 saturated carbocycles. The normalized spacial score (nSPS) is 10.2. The molecule has 2 nitrogen and oxygen atoms in total. The second-order valence-electron chi connectivity index (χ2n) is 4.18. The van der Waals surface area contributed by atoms with Crippen molar-refractivity contribution in [1.82, 2.24) is 0 Å². The molecule has 0 atom stereocenters. The van der Waals surface area contributed by atoms with Crippen LogP contribution in [0.1, 0.15) is 29.3 Å². The van der Waals surface area contributed by atoms with Gasteiger partial charge in [0.25, 0.3) is 0 Å². The number of rotatable bonds is 5. The predicted molar refractivity (Wildman–Crippen MR) is 76.8 cm³/mol. The Kier molecular flexibility index (Phi) is 4.58. The third-order valence-corrected chi connectivity index (χ3v) is 3.22. The van der Waals surface area contributed by atoms with Gasteiger partial charge in [-0.05, 0) is 30.3 Å². The van der Waals surface area contributed by atoms with Crippen LogP contribution in [0.15, 0.2) is 48.5 Å². The fourth-order valence-corrected chi connectivity index (χ4v) is 1.91. The zero-order valence-electron chi connectivity index (χ0n) is 10.7. The van der Waals surface area contributed by atoms with Crippen LogP contribution in [0.5, 0.6) is 5.75 Å². The summed E-state index contributed by atoms with van der Waals surface area (Å²) in [4.78, 5) is 11.5. The standard InChI is InChI=1S/C16H15ClO2/c1-2-16(18)12-7-9-14(10-8-12)19-11-13-5-3-4-6-15(13)17/h3-10H,2,11H2,1H3. The second-order valence-corrected chi connectivity index (χ2v) is 4.59. The Bertz CT molecular complexity index is 561. The van der Waals surface area contributed by atoms with Crippen LogP contribution in [0.25, 0.3) is 0 Å². The molecule has 0 unspecified atom stereocenters. The van der Waals surface area contributed by atoms with Crippen molar-refractivity contribution >= 4 is 17.4 Å². The molecule has 0 aliphatic heterocycles. The van der Waals surface area contributed by atoms with Crippen LogP contribution in [0.2, 0.25) is 5.02 Å². The van der Waals surface area contributed by atoms with Gasteiger partial charge in [-0.3, -0.25) is 4.79 Å². The number of halogens is 1. The lowest BCUT2D eigenvalue weighted by atomic mass is 10.1. The van der Waals surface area contributed by atoms with E-state index < -0.39 is 0 Å². The van der Waals surface area contributed by atoms with E-state index in [1.54, 1.807) is 24.3 Å². The molecule has 2 aromatic rings. The molecule has 0 radical (unpaired) electrons. The first kappa shape index (κ1) is 13.6. The summed E-state index contributed by atoms with van der Waals surface area (Å²) in [6.45, 7) is 2.27. The van der Waals surface area contributed by atoms with Gasteiger partial charge in [-0.25, -0.2) is 0 Å². The summed E-state index contributed by atoms with van der Waals surface area (Å²) in [7, 11) is 0. The number of hydrogen-bond acceptors (Lipinski definition) is 2. The van der Waals surface area contributed by atoms with Crippen molar-refractivity contribution in [3.05, 3.63) is 64.7 Å².